The Morgan fingerprint density at radius 3 is 2.64 bits per heavy atom. The maximum Gasteiger partial charge on any atom is 0.220 e. The van der Waals surface area contributed by atoms with Crippen LogP contribution in [0.3, 0.4) is 0 Å². The molecule has 0 aliphatic heterocycles. The van der Waals surface area contributed by atoms with Crippen molar-refractivity contribution in [2.24, 2.45) is 0 Å². The number of aryl methyl sites for hydroxylation is 1. The highest BCUT2D eigenvalue weighted by Gasteiger charge is 2.16. The Kier molecular flexibility index (Phi) is 6.47. The molecule has 0 fully saturated rings. The van der Waals surface area contributed by atoms with Crippen LogP contribution in [0.15, 0.2) is 48.7 Å². The van der Waals surface area contributed by atoms with Crippen molar-refractivity contribution in [3.63, 3.8) is 0 Å². The highest BCUT2D eigenvalue weighted by molar-refractivity contribution is 5.78. The quantitative estimate of drug-likeness (QED) is 0.629. The second-order valence-corrected chi connectivity index (χ2v) is 7.93. The Labute approximate surface area is 167 Å². The van der Waals surface area contributed by atoms with Gasteiger partial charge in [-0.05, 0) is 56.6 Å². The van der Waals surface area contributed by atoms with Crippen molar-refractivity contribution in [1.82, 2.24) is 20.4 Å². The van der Waals surface area contributed by atoms with E-state index in [0.29, 0.717) is 13.0 Å². The molecule has 0 saturated carbocycles. The minimum Gasteiger partial charge on any atom is -0.355 e. The lowest BCUT2D eigenvalue weighted by atomic mass is 9.96. The molecule has 5 nitrogen and oxygen atoms in total. The maximum atomic E-state index is 12.5. The van der Waals surface area contributed by atoms with E-state index in [1.54, 1.807) is 0 Å². The molecule has 2 unspecified atom stereocenters. The highest BCUT2D eigenvalue weighted by Crippen LogP contribution is 2.19. The first-order valence-corrected chi connectivity index (χ1v) is 9.84. The summed E-state index contributed by atoms with van der Waals surface area (Å²) >= 11 is 0. The maximum absolute atomic E-state index is 12.5. The van der Waals surface area contributed by atoms with Crippen LogP contribution in [0.25, 0.3) is 10.9 Å². The van der Waals surface area contributed by atoms with Gasteiger partial charge < -0.3 is 10.2 Å². The summed E-state index contributed by atoms with van der Waals surface area (Å²) in [4.78, 5) is 14.6. The molecular weight excluding hydrogens is 348 g/mol. The molecule has 1 heterocycles. The van der Waals surface area contributed by atoms with Gasteiger partial charge in [0.05, 0.1) is 11.7 Å². The van der Waals surface area contributed by atoms with Crippen molar-refractivity contribution in [3.05, 3.63) is 65.4 Å². The van der Waals surface area contributed by atoms with Gasteiger partial charge in [0.25, 0.3) is 0 Å². The second kappa shape index (κ2) is 9.02. The third-order valence-corrected chi connectivity index (χ3v) is 5.38. The van der Waals surface area contributed by atoms with Gasteiger partial charge in [-0.15, -0.1) is 0 Å². The van der Waals surface area contributed by atoms with Gasteiger partial charge in [-0.3, -0.25) is 9.89 Å². The minimum atomic E-state index is 0.102. The van der Waals surface area contributed by atoms with Crippen LogP contribution in [0.2, 0.25) is 0 Å². The van der Waals surface area contributed by atoms with Gasteiger partial charge in [-0.2, -0.15) is 5.10 Å². The van der Waals surface area contributed by atoms with E-state index in [1.165, 1.54) is 16.7 Å². The molecule has 3 aromatic rings. The number of aromatic nitrogens is 2. The van der Waals surface area contributed by atoms with E-state index in [1.807, 2.05) is 6.20 Å². The van der Waals surface area contributed by atoms with Crippen molar-refractivity contribution >= 4 is 16.8 Å². The first-order valence-electron chi connectivity index (χ1n) is 9.84. The number of amides is 1. The second-order valence-electron chi connectivity index (χ2n) is 7.93. The average molecular weight is 379 g/mol. The van der Waals surface area contributed by atoms with Crippen molar-refractivity contribution < 1.29 is 4.79 Å². The van der Waals surface area contributed by atoms with Crippen LogP contribution in [0.4, 0.5) is 0 Å². The topological polar surface area (TPSA) is 61.0 Å². The molecule has 148 valence electrons. The molecule has 1 aromatic heterocycles. The number of hydrogen-bond acceptors (Lipinski definition) is 3. The van der Waals surface area contributed by atoms with E-state index >= 15 is 0 Å². The average Bonchev–Trinajstić information content (AvgIpc) is 3.13. The Hall–Kier alpha value is -2.66. The summed E-state index contributed by atoms with van der Waals surface area (Å²) in [5, 5.41) is 11.3. The fraction of sp³-hybridized carbons (Fsp3) is 0.391. The van der Waals surface area contributed by atoms with E-state index in [2.05, 4.69) is 90.8 Å². The highest BCUT2D eigenvalue weighted by atomic mass is 16.1. The lowest BCUT2D eigenvalue weighted by molar-refractivity contribution is -0.121. The Morgan fingerprint density at radius 2 is 1.93 bits per heavy atom. The molecule has 0 saturated heterocycles. The van der Waals surface area contributed by atoms with E-state index in [4.69, 9.17) is 0 Å². The first-order chi connectivity index (χ1) is 13.4. The fourth-order valence-corrected chi connectivity index (χ4v) is 3.42. The number of carbonyl (C=O) groups excluding carboxylic acids is 1. The molecular formula is C23H30N4O. The number of rotatable bonds is 8. The van der Waals surface area contributed by atoms with Gasteiger partial charge in [0.1, 0.15) is 0 Å². The van der Waals surface area contributed by atoms with Crippen LogP contribution < -0.4 is 5.32 Å². The van der Waals surface area contributed by atoms with Crippen molar-refractivity contribution in [3.8, 4) is 0 Å². The van der Waals surface area contributed by atoms with Gasteiger partial charge in [0, 0.05) is 24.4 Å². The first kappa shape index (κ1) is 20.1. The predicted octanol–water partition coefficient (Wildman–Crippen LogP) is 3.65. The number of H-pyrrole nitrogens is 1. The monoisotopic (exact) mass is 378 g/mol. The molecule has 0 aliphatic rings. The minimum absolute atomic E-state index is 0.102. The van der Waals surface area contributed by atoms with E-state index in [9.17, 15) is 4.79 Å². The number of nitrogens with zero attached hydrogens (tertiary/aromatic N) is 2. The van der Waals surface area contributed by atoms with Crippen LogP contribution >= 0.6 is 0 Å². The summed E-state index contributed by atoms with van der Waals surface area (Å²) < 4.78 is 0. The zero-order valence-electron chi connectivity index (χ0n) is 17.2. The molecule has 3 rings (SSSR count). The molecule has 2 aromatic carbocycles. The molecule has 0 aliphatic carbocycles. The van der Waals surface area contributed by atoms with Gasteiger partial charge in [0.15, 0.2) is 0 Å². The molecule has 0 radical (unpaired) electrons. The van der Waals surface area contributed by atoms with Crippen LogP contribution in [0.1, 0.15) is 36.0 Å². The zero-order valence-corrected chi connectivity index (χ0v) is 17.2. The van der Waals surface area contributed by atoms with Crippen LogP contribution in [-0.4, -0.2) is 47.7 Å². The number of aromatic amines is 1. The summed E-state index contributed by atoms with van der Waals surface area (Å²) in [6.07, 6.45) is 3.23. The van der Waals surface area contributed by atoms with E-state index < -0.39 is 0 Å². The Balaban J connectivity index is 1.55. The molecule has 2 atom stereocenters. The number of fused-ring (bicyclic) bond motifs is 1. The fourth-order valence-electron chi connectivity index (χ4n) is 3.42. The normalized spacial score (nSPS) is 13.6. The van der Waals surface area contributed by atoms with Crippen molar-refractivity contribution in [2.75, 3.05) is 20.6 Å². The van der Waals surface area contributed by atoms with E-state index in [-0.39, 0.29) is 17.9 Å². The number of likely N-dealkylation sites (N-methyl/N-ethyl adjacent to an activating group) is 1. The van der Waals surface area contributed by atoms with Gasteiger partial charge in [0.2, 0.25) is 5.91 Å². The van der Waals surface area contributed by atoms with Crippen molar-refractivity contribution in [2.45, 2.75) is 38.6 Å². The van der Waals surface area contributed by atoms with Crippen LogP contribution in [-0.2, 0) is 11.2 Å². The number of benzene rings is 2. The molecule has 28 heavy (non-hydrogen) atoms. The third-order valence-electron chi connectivity index (χ3n) is 5.38. The number of carbonyl (C=O) groups is 1. The zero-order chi connectivity index (χ0) is 20.1. The standard InChI is InChI=1S/C23H30N4O/c1-16-5-8-19(9-6-16)17(2)11-23(28)24-15-21(27(3)4)13-18-7-10-22-20(12-18)14-25-26-22/h5-10,12,14,17,21H,11,13,15H2,1-4H3,(H,24,28)(H,25,26). The Morgan fingerprint density at radius 1 is 1.18 bits per heavy atom. The molecule has 0 spiro atoms. The molecule has 0 bridgehead atoms. The molecule has 2 N–H and O–H groups in total. The summed E-state index contributed by atoms with van der Waals surface area (Å²) in [5.41, 5.74) is 4.74. The predicted molar refractivity (Wildman–Crippen MR) is 114 cm³/mol. The van der Waals surface area contributed by atoms with Gasteiger partial charge >= 0.3 is 0 Å². The lowest BCUT2D eigenvalue weighted by Crippen LogP contribution is -2.41. The van der Waals surface area contributed by atoms with E-state index in [0.717, 1.165) is 17.3 Å². The SMILES string of the molecule is Cc1ccc(C(C)CC(=O)NCC(Cc2ccc3[nH]ncc3c2)N(C)C)cc1. The molecule has 1 amide bonds. The van der Waals surface area contributed by atoms with Crippen molar-refractivity contribution in [1.29, 1.82) is 0 Å². The number of hydrogen-bond donors (Lipinski definition) is 2. The summed E-state index contributed by atoms with van der Waals surface area (Å²) in [6, 6.07) is 15.0. The summed E-state index contributed by atoms with van der Waals surface area (Å²) in [7, 11) is 4.12. The van der Waals surface area contributed by atoms with Crippen LogP contribution in [0, 0.1) is 6.92 Å². The van der Waals surface area contributed by atoms with Gasteiger partial charge in [-0.1, -0.05) is 42.8 Å². The number of nitrogens with one attached hydrogen (secondary N) is 2. The lowest BCUT2D eigenvalue weighted by Gasteiger charge is -2.25. The molecule has 5 heteroatoms. The third kappa shape index (κ3) is 5.20. The summed E-state index contributed by atoms with van der Waals surface area (Å²) in [5.74, 6) is 0.312. The Bertz CT molecular complexity index is 914. The van der Waals surface area contributed by atoms with Crippen LogP contribution in [0.5, 0.6) is 0 Å². The smallest absolute Gasteiger partial charge is 0.220 e. The largest absolute Gasteiger partial charge is 0.355 e. The van der Waals surface area contributed by atoms with Gasteiger partial charge in [-0.25, -0.2) is 0 Å². The summed E-state index contributed by atoms with van der Waals surface area (Å²) in [6.45, 7) is 4.82.